The summed E-state index contributed by atoms with van der Waals surface area (Å²) in [5, 5.41) is 9.10. The Morgan fingerprint density at radius 2 is 2.11 bits per heavy atom. The molecule has 6 heteroatoms. The van der Waals surface area contributed by atoms with Crippen molar-refractivity contribution >= 4 is 17.7 Å². The van der Waals surface area contributed by atoms with E-state index in [9.17, 15) is 4.79 Å². The number of carbonyl (C=O) groups is 1. The monoisotopic (exact) mass is 290 g/mol. The molecule has 1 fully saturated rings. The molecule has 1 amide bonds. The number of amides is 1. The highest BCUT2D eigenvalue weighted by atomic mass is 32.2. The highest BCUT2D eigenvalue weighted by molar-refractivity contribution is 7.98. The number of thioether (sulfide) groups is 1. The van der Waals surface area contributed by atoms with Crippen molar-refractivity contribution in [2.24, 2.45) is 5.92 Å². The number of aliphatic hydroxyl groups is 1. The van der Waals surface area contributed by atoms with E-state index in [2.05, 4.69) is 4.90 Å². The zero-order chi connectivity index (χ0) is 14.1. The van der Waals surface area contributed by atoms with Gasteiger partial charge in [0.15, 0.2) is 0 Å². The number of aliphatic hydroxyl groups excluding tert-OH is 1. The van der Waals surface area contributed by atoms with Gasteiger partial charge in [0.25, 0.3) is 0 Å². The van der Waals surface area contributed by atoms with Gasteiger partial charge in [0, 0.05) is 44.4 Å². The highest BCUT2D eigenvalue weighted by Crippen LogP contribution is 2.09. The van der Waals surface area contributed by atoms with E-state index >= 15 is 0 Å². The second kappa shape index (κ2) is 9.58. The Kier molecular flexibility index (Phi) is 8.45. The summed E-state index contributed by atoms with van der Waals surface area (Å²) in [5.41, 5.74) is 0. The molecule has 1 aliphatic rings. The first-order valence-corrected chi connectivity index (χ1v) is 8.27. The van der Waals surface area contributed by atoms with Crippen LogP contribution in [-0.4, -0.2) is 85.4 Å². The van der Waals surface area contributed by atoms with Crippen molar-refractivity contribution in [3.63, 3.8) is 0 Å². The third-order valence-electron chi connectivity index (χ3n) is 3.31. The average molecular weight is 290 g/mol. The lowest BCUT2D eigenvalue weighted by Gasteiger charge is -2.31. The first-order valence-electron chi connectivity index (χ1n) is 6.87. The van der Waals surface area contributed by atoms with Crippen molar-refractivity contribution in [3.8, 4) is 0 Å². The fourth-order valence-electron chi connectivity index (χ4n) is 2.17. The summed E-state index contributed by atoms with van der Waals surface area (Å²) < 4.78 is 5.31. The van der Waals surface area contributed by atoms with Crippen LogP contribution in [0.2, 0.25) is 0 Å². The third-order valence-corrected chi connectivity index (χ3v) is 4.14. The molecule has 1 atom stereocenters. The molecule has 0 bridgehead atoms. The van der Waals surface area contributed by atoms with Gasteiger partial charge in [-0.25, -0.2) is 0 Å². The molecule has 0 aromatic rings. The van der Waals surface area contributed by atoms with Gasteiger partial charge in [-0.1, -0.05) is 6.92 Å². The molecule has 1 N–H and O–H groups in total. The number of carbonyl (C=O) groups excluding carboxylic acids is 1. The molecule has 1 heterocycles. The fraction of sp³-hybridized carbons (Fsp3) is 0.923. The van der Waals surface area contributed by atoms with Crippen LogP contribution in [0.25, 0.3) is 0 Å². The number of ether oxygens (including phenoxy) is 1. The normalized spacial score (nSPS) is 18.3. The van der Waals surface area contributed by atoms with Crippen LogP contribution in [0.15, 0.2) is 0 Å². The molecular formula is C13H26N2O3S. The van der Waals surface area contributed by atoms with Crippen LogP contribution in [0.3, 0.4) is 0 Å². The van der Waals surface area contributed by atoms with Crippen molar-refractivity contribution in [2.45, 2.75) is 6.92 Å². The van der Waals surface area contributed by atoms with E-state index in [0.29, 0.717) is 13.1 Å². The number of morpholine rings is 1. The lowest BCUT2D eigenvalue weighted by Crippen LogP contribution is -2.45. The van der Waals surface area contributed by atoms with E-state index in [1.54, 1.807) is 16.7 Å². The lowest BCUT2D eigenvalue weighted by molar-refractivity contribution is -0.135. The van der Waals surface area contributed by atoms with Gasteiger partial charge in [0.05, 0.1) is 19.8 Å². The van der Waals surface area contributed by atoms with Crippen molar-refractivity contribution < 1.29 is 14.6 Å². The van der Waals surface area contributed by atoms with E-state index in [1.165, 1.54) is 0 Å². The highest BCUT2D eigenvalue weighted by Gasteiger charge is 2.20. The molecule has 1 saturated heterocycles. The molecule has 0 aliphatic carbocycles. The molecule has 5 nitrogen and oxygen atoms in total. The molecule has 19 heavy (non-hydrogen) atoms. The number of hydrogen-bond donors (Lipinski definition) is 1. The van der Waals surface area contributed by atoms with Crippen molar-refractivity contribution in [1.82, 2.24) is 9.80 Å². The summed E-state index contributed by atoms with van der Waals surface area (Å²) in [5.74, 6) is 1.00. The fourth-order valence-corrected chi connectivity index (χ4v) is 2.82. The third kappa shape index (κ3) is 6.12. The van der Waals surface area contributed by atoms with Gasteiger partial charge in [-0.3, -0.25) is 9.69 Å². The molecule has 0 saturated carbocycles. The van der Waals surface area contributed by atoms with Gasteiger partial charge in [-0.05, 0) is 6.26 Å². The quantitative estimate of drug-likeness (QED) is 0.689. The zero-order valence-electron chi connectivity index (χ0n) is 12.0. The average Bonchev–Trinajstić information content (AvgIpc) is 2.44. The maximum atomic E-state index is 12.3. The topological polar surface area (TPSA) is 53.0 Å². The molecule has 1 unspecified atom stereocenters. The van der Waals surface area contributed by atoms with E-state index in [0.717, 1.165) is 38.6 Å². The Bertz CT molecular complexity index is 260. The first-order chi connectivity index (χ1) is 9.19. The molecular weight excluding hydrogens is 264 g/mol. The summed E-state index contributed by atoms with van der Waals surface area (Å²) in [6, 6.07) is 0. The SMILES string of the molecule is CSCC(C)C(=O)N(CCO)CCN1CCOCC1. The molecule has 1 rings (SSSR count). The summed E-state index contributed by atoms with van der Waals surface area (Å²) in [6.07, 6.45) is 2.01. The van der Waals surface area contributed by atoms with Crippen LogP contribution >= 0.6 is 11.8 Å². The second-order valence-corrected chi connectivity index (χ2v) is 5.77. The Balaban J connectivity index is 2.39. The Morgan fingerprint density at radius 3 is 2.68 bits per heavy atom. The zero-order valence-corrected chi connectivity index (χ0v) is 12.8. The smallest absolute Gasteiger partial charge is 0.226 e. The van der Waals surface area contributed by atoms with Gasteiger partial charge in [0.2, 0.25) is 5.91 Å². The number of rotatable bonds is 8. The molecule has 0 spiro atoms. The van der Waals surface area contributed by atoms with Crippen LogP contribution in [0, 0.1) is 5.92 Å². The van der Waals surface area contributed by atoms with Crippen molar-refractivity contribution in [1.29, 1.82) is 0 Å². The number of nitrogens with zero attached hydrogens (tertiary/aromatic N) is 2. The van der Waals surface area contributed by atoms with Crippen LogP contribution in [0.1, 0.15) is 6.92 Å². The summed E-state index contributed by atoms with van der Waals surface area (Å²) >= 11 is 1.68. The van der Waals surface area contributed by atoms with Crippen molar-refractivity contribution in [2.75, 3.05) is 64.6 Å². The Hall–Kier alpha value is -0.300. The molecule has 0 aromatic carbocycles. The Labute approximate surface area is 120 Å². The minimum Gasteiger partial charge on any atom is -0.395 e. The first kappa shape index (κ1) is 16.8. The van der Waals surface area contributed by atoms with E-state index in [4.69, 9.17) is 9.84 Å². The van der Waals surface area contributed by atoms with Crippen LogP contribution in [0.4, 0.5) is 0 Å². The Morgan fingerprint density at radius 1 is 1.42 bits per heavy atom. The van der Waals surface area contributed by atoms with Gasteiger partial charge >= 0.3 is 0 Å². The van der Waals surface area contributed by atoms with Gasteiger partial charge < -0.3 is 14.7 Å². The van der Waals surface area contributed by atoms with E-state index < -0.39 is 0 Å². The predicted molar refractivity (Wildman–Crippen MR) is 78.5 cm³/mol. The van der Waals surface area contributed by atoms with Crippen LogP contribution < -0.4 is 0 Å². The predicted octanol–water partition coefficient (Wildman–Crippen LogP) is 0.139. The van der Waals surface area contributed by atoms with E-state index in [-0.39, 0.29) is 18.4 Å². The minimum atomic E-state index is 0.0197. The summed E-state index contributed by atoms with van der Waals surface area (Å²) in [4.78, 5) is 16.3. The molecule has 0 aromatic heterocycles. The lowest BCUT2D eigenvalue weighted by atomic mass is 10.2. The maximum absolute atomic E-state index is 12.3. The summed E-state index contributed by atoms with van der Waals surface area (Å²) in [7, 11) is 0. The summed E-state index contributed by atoms with van der Waals surface area (Å²) in [6.45, 7) is 7.39. The minimum absolute atomic E-state index is 0.0197. The largest absolute Gasteiger partial charge is 0.395 e. The van der Waals surface area contributed by atoms with E-state index in [1.807, 2.05) is 13.2 Å². The van der Waals surface area contributed by atoms with Crippen molar-refractivity contribution in [3.05, 3.63) is 0 Å². The number of hydrogen-bond acceptors (Lipinski definition) is 5. The maximum Gasteiger partial charge on any atom is 0.226 e. The molecule has 0 radical (unpaired) electrons. The van der Waals surface area contributed by atoms with Gasteiger partial charge in [-0.15, -0.1) is 0 Å². The molecule has 1 aliphatic heterocycles. The van der Waals surface area contributed by atoms with Gasteiger partial charge in [-0.2, -0.15) is 11.8 Å². The molecule has 112 valence electrons. The van der Waals surface area contributed by atoms with Gasteiger partial charge in [0.1, 0.15) is 0 Å². The van der Waals surface area contributed by atoms with Crippen LogP contribution in [0.5, 0.6) is 0 Å². The van der Waals surface area contributed by atoms with Crippen LogP contribution in [-0.2, 0) is 9.53 Å². The second-order valence-electron chi connectivity index (χ2n) is 4.86. The standard InChI is InChI=1S/C13H26N2O3S/c1-12(11-19-2)13(17)15(5-8-16)4-3-14-6-9-18-10-7-14/h12,16H,3-11H2,1-2H3.